The van der Waals surface area contributed by atoms with Crippen LogP contribution in [0.5, 0.6) is 0 Å². The maximum Gasteiger partial charge on any atom is 0.240 e. The van der Waals surface area contributed by atoms with E-state index in [1.54, 1.807) is 27.7 Å². The summed E-state index contributed by atoms with van der Waals surface area (Å²) in [6.45, 7) is 7.16. The molecule has 6 heteroatoms. The molecule has 0 bridgehead atoms. The first kappa shape index (κ1) is 15.3. The van der Waals surface area contributed by atoms with Gasteiger partial charge in [0.25, 0.3) is 0 Å². The first-order chi connectivity index (χ1) is 7.91. The average molecular weight is 240 g/mol. The summed E-state index contributed by atoms with van der Waals surface area (Å²) in [6.07, 6.45) is 1.03. The molecule has 2 N–H and O–H groups in total. The first-order valence-corrected chi connectivity index (χ1v) is 5.51. The van der Waals surface area contributed by atoms with Crippen LogP contribution in [0.2, 0.25) is 0 Å². The zero-order valence-corrected chi connectivity index (χ0v) is 10.8. The van der Waals surface area contributed by atoms with E-state index >= 15 is 0 Å². The van der Waals surface area contributed by atoms with E-state index in [1.807, 2.05) is 0 Å². The molecule has 0 unspecified atom stereocenters. The second kappa shape index (κ2) is 8.43. The number of amides is 2. The molecule has 0 radical (unpaired) electrons. The molecule has 0 rings (SSSR count). The van der Waals surface area contributed by atoms with Crippen LogP contribution in [0.4, 0.5) is 0 Å². The fourth-order valence-corrected chi connectivity index (χ4v) is 0.870. The Bertz CT molecular complexity index is 294. The molecule has 96 valence electrons. The Morgan fingerprint density at radius 2 is 1.18 bits per heavy atom. The van der Waals surface area contributed by atoms with E-state index in [9.17, 15) is 9.59 Å². The molecule has 17 heavy (non-hydrogen) atoms. The van der Waals surface area contributed by atoms with Crippen molar-refractivity contribution in [2.45, 2.75) is 47.0 Å². The third-order valence-corrected chi connectivity index (χ3v) is 1.62. The van der Waals surface area contributed by atoms with Gasteiger partial charge in [0.15, 0.2) is 0 Å². The molecule has 0 aromatic heterocycles. The van der Waals surface area contributed by atoms with Crippen molar-refractivity contribution < 1.29 is 9.59 Å². The normalized spacial score (nSPS) is 9.18. The molecule has 0 aromatic carbocycles. The monoisotopic (exact) mass is 240 g/mol. The minimum atomic E-state index is -0.186. The average Bonchev–Trinajstić information content (AvgIpc) is 2.23. The Morgan fingerprint density at radius 1 is 0.824 bits per heavy atom. The number of nitrogens with one attached hydrogen (secondary N) is 2. The van der Waals surface area contributed by atoms with Gasteiger partial charge >= 0.3 is 0 Å². The van der Waals surface area contributed by atoms with Gasteiger partial charge in [-0.2, -0.15) is 10.2 Å². The summed E-state index contributed by atoms with van der Waals surface area (Å²) in [7, 11) is 0. The Kier molecular flexibility index (Phi) is 7.58. The van der Waals surface area contributed by atoms with Gasteiger partial charge in [-0.1, -0.05) is 0 Å². The van der Waals surface area contributed by atoms with Gasteiger partial charge in [0.2, 0.25) is 11.8 Å². The largest absolute Gasteiger partial charge is 0.273 e. The molecule has 0 aliphatic carbocycles. The number of hydrogen-bond donors (Lipinski definition) is 2. The highest BCUT2D eigenvalue weighted by Gasteiger charge is 2.03. The van der Waals surface area contributed by atoms with E-state index in [1.165, 1.54) is 0 Å². The van der Waals surface area contributed by atoms with Crippen molar-refractivity contribution in [1.82, 2.24) is 10.9 Å². The SMILES string of the molecule is CC(C)=NNC(=O)CCCC(=O)NN=C(C)C. The van der Waals surface area contributed by atoms with E-state index in [-0.39, 0.29) is 24.7 Å². The molecule has 0 saturated carbocycles. The molecular weight excluding hydrogens is 220 g/mol. The lowest BCUT2D eigenvalue weighted by Crippen LogP contribution is -2.21. The number of carbonyl (C=O) groups excluding carboxylic acids is 2. The predicted octanol–water partition coefficient (Wildman–Crippen LogP) is 1.18. The molecule has 2 amide bonds. The van der Waals surface area contributed by atoms with E-state index < -0.39 is 0 Å². The van der Waals surface area contributed by atoms with Crippen LogP contribution < -0.4 is 10.9 Å². The minimum Gasteiger partial charge on any atom is -0.273 e. The molecule has 0 aliphatic heterocycles. The van der Waals surface area contributed by atoms with Crippen molar-refractivity contribution in [3.8, 4) is 0 Å². The van der Waals surface area contributed by atoms with Crippen molar-refractivity contribution in [3.05, 3.63) is 0 Å². The summed E-state index contributed by atoms with van der Waals surface area (Å²) in [4.78, 5) is 22.4. The van der Waals surface area contributed by atoms with Crippen LogP contribution in [0.25, 0.3) is 0 Å². The summed E-state index contributed by atoms with van der Waals surface area (Å²) >= 11 is 0. The quantitative estimate of drug-likeness (QED) is 0.540. The Hall–Kier alpha value is -1.72. The standard InChI is InChI=1S/C11H20N4O2/c1-8(2)12-14-10(16)6-5-7-11(17)15-13-9(3)4/h5-7H2,1-4H3,(H,14,16)(H,15,17). The highest BCUT2D eigenvalue weighted by Crippen LogP contribution is 1.95. The van der Waals surface area contributed by atoms with Gasteiger partial charge in [0.05, 0.1) is 0 Å². The molecule has 0 aliphatic rings. The summed E-state index contributed by atoms with van der Waals surface area (Å²) < 4.78 is 0. The second-order valence-electron chi connectivity index (χ2n) is 4.04. The fraction of sp³-hybridized carbons (Fsp3) is 0.636. The van der Waals surface area contributed by atoms with Gasteiger partial charge in [0.1, 0.15) is 0 Å². The van der Waals surface area contributed by atoms with Crippen LogP contribution in [0.1, 0.15) is 47.0 Å². The molecule has 6 nitrogen and oxygen atoms in total. The Balaban J connectivity index is 3.70. The van der Waals surface area contributed by atoms with Crippen molar-refractivity contribution in [3.63, 3.8) is 0 Å². The van der Waals surface area contributed by atoms with Gasteiger partial charge in [-0.05, 0) is 34.1 Å². The summed E-state index contributed by atoms with van der Waals surface area (Å²) in [5.41, 5.74) is 6.35. The third-order valence-electron chi connectivity index (χ3n) is 1.62. The van der Waals surface area contributed by atoms with Crippen LogP contribution in [-0.2, 0) is 9.59 Å². The van der Waals surface area contributed by atoms with Crippen molar-refractivity contribution in [1.29, 1.82) is 0 Å². The maximum absolute atomic E-state index is 11.2. The van der Waals surface area contributed by atoms with E-state index in [0.29, 0.717) is 6.42 Å². The molecule has 0 spiro atoms. The Morgan fingerprint density at radius 3 is 1.47 bits per heavy atom. The number of hydrazone groups is 2. The molecule has 0 fully saturated rings. The zero-order valence-electron chi connectivity index (χ0n) is 10.8. The van der Waals surface area contributed by atoms with Crippen LogP contribution in [-0.4, -0.2) is 23.2 Å². The van der Waals surface area contributed by atoms with Crippen molar-refractivity contribution >= 4 is 23.2 Å². The molecular formula is C11H20N4O2. The summed E-state index contributed by atoms with van der Waals surface area (Å²) in [5.74, 6) is -0.372. The molecule has 0 saturated heterocycles. The third kappa shape index (κ3) is 10.6. The lowest BCUT2D eigenvalue weighted by Gasteiger charge is -2.01. The van der Waals surface area contributed by atoms with Crippen LogP contribution >= 0.6 is 0 Å². The molecule has 0 aromatic rings. The summed E-state index contributed by atoms with van der Waals surface area (Å²) in [5, 5.41) is 7.55. The highest BCUT2D eigenvalue weighted by molar-refractivity contribution is 5.83. The highest BCUT2D eigenvalue weighted by atomic mass is 16.2. The van der Waals surface area contributed by atoms with Gasteiger partial charge in [-0.3, -0.25) is 9.59 Å². The van der Waals surface area contributed by atoms with E-state index in [0.717, 1.165) is 11.4 Å². The lowest BCUT2D eigenvalue weighted by atomic mass is 10.2. The number of hydrogen-bond acceptors (Lipinski definition) is 4. The van der Waals surface area contributed by atoms with E-state index in [4.69, 9.17) is 0 Å². The Labute approximate surface area is 102 Å². The fourth-order valence-electron chi connectivity index (χ4n) is 0.870. The number of carbonyl (C=O) groups is 2. The van der Waals surface area contributed by atoms with Gasteiger partial charge in [-0.15, -0.1) is 0 Å². The second-order valence-corrected chi connectivity index (χ2v) is 4.04. The molecule has 0 heterocycles. The van der Waals surface area contributed by atoms with Crippen molar-refractivity contribution in [2.75, 3.05) is 0 Å². The van der Waals surface area contributed by atoms with Gasteiger partial charge in [-0.25, -0.2) is 10.9 Å². The van der Waals surface area contributed by atoms with Crippen LogP contribution in [0.15, 0.2) is 10.2 Å². The topological polar surface area (TPSA) is 82.9 Å². The van der Waals surface area contributed by atoms with Crippen molar-refractivity contribution in [2.24, 2.45) is 10.2 Å². The predicted molar refractivity (Wildman–Crippen MR) is 67.7 cm³/mol. The maximum atomic E-state index is 11.2. The van der Waals surface area contributed by atoms with Crippen LogP contribution in [0.3, 0.4) is 0 Å². The smallest absolute Gasteiger partial charge is 0.240 e. The van der Waals surface area contributed by atoms with Gasteiger partial charge in [0, 0.05) is 24.3 Å². The van der Waals surface area contributed by atoms with E-state index in [2.05, 4.69) is 21.1 Å². The number of rotatable bonds is 6. The number of nitrogens with zero attached hydrogens (tertiary/aromatic N) is 2. The molecule has 0 atom stereocenters. The zero-order chi connectivity index (χ0) is 13.3. The first-order valence-electron chi connectivity index (χ1n) is 5.51. The van der Waals surface area contributed by atoms with Gasteiger partial charge < -0.3 is 0 Å². The minimum absolute atomic E-state index is 0.186. The lowest BCUT2D eigenvalue weighted by molar-refractivity contribution is -0.122. The summed E-state index contributed by atoms with van der Waals surface area (Å²) in [6, 6.07) is 0. The van der Waals surface area contributed by atoms with Crippen LogP contribution in [0, 0.1) is 0 Å².